The van der Waals surface area contributed by atoms with Gasteiger partial charge >= 0.3 is 11.9 Å². The van der Waals surface area contributed by atoms with Gasteiger partial charge in [0.05, 0.1) is 12.2 Å². The largest absolute Gasteiger partial charge is 0.482 e. The molecule has 0 atom stereocenters. The lowest BCUT2D eigenvalue weighted by Gasteiger charge is -2.12. The van der Waals surface area contributed by atoms with Gasteiger partial charge in [-0.1, -0.05) is 19.9 Å². The van der Waals surface area contributed by atoms with E-state index in [1.54, 1.807) is 6.92 Å². The summed E-state index contributed by atoms with van der Waals surface area (Å²) >= 11 is 0.939. The number of anilines is 1. The summed E-state index contributed by atoms with van der Waals surface area (Å²) < 4.78 is 15.7. The Hall–Kier alpha value is -3.05. The molecule has 154 valence electrons. The van der Waals surface area contributed by atoms with E-state index in [4.69, 9.17) is 19.9 Å². The summed E-state index contributed by atoms with van der Waals surface area (Å²) in [5.41, 5.74) is 8.46. The molecule has 1 heterocycles. The number of hydrogen-bond donors (Lipinski definition) is 1. The fourth-order valence-corrected chi connectivity index (χ4v) is 3.75. The Morgan fingerprint density at radius 1 is 1.28 bits per heavy atom. The summed E-state index contributed by atoms with van der Waals surface area (Å²) in [5, 5.41) is 9.47. The van der Waals surface area contributed by atoms with Gasteiger partial charge in [-0.25, -0.2) is 9.59 Å². The molecule has 0 saturated carbocycles. The highest BCUT2D eigenvalue weighted by Crippen LogP contribution is 2.32. The number of nitrogens with zero attached hydrogens (tertiary/aromatic N) is 1. The van der Waals surface area contributed by atoms with Crippen molar-refractivity contribution >= 4 is 28.3 Å². The lowest BCUT2D eigenvalue weighted by atomic mass is 9.98. The van der Waals surface area contributed by atoms with Crippen LogP contribution >= 0.6 is 11.3 Å². The molecule has 0 amide bonds. The molecule has 0 bridgehead atoms. The van der Waals surface area contributed by atoms with E-state index in [1.165, 1.54) is 5.56 Å². The molecule has 0 aliphatic heterocycles. The Balaban J connectivity index is 2.02. The molecule has 0 spiro atoms. The minimum absolute atomic E-state index is 0.117. The zero-order valence-electron chi connectivity index (χ0n) is 16.9. The first kappa shape index (κ1) is 22.2. The number of nitrogens with two attached hydrogens (primary N) is 1. The van der Waals surface area contributed by atoms with E-state index < -0.39 is 11.9 Å². The summed E-state index contributed by atoms with van der Waals surface area (Å²) in [4.78, 5) is 24.3. The molecule has 0 saturated heterocycles. The average molecular weight is 416 g/mol. The number of carbonyl (C=O) groups excluding carboxylic acids is 2. The molecule has 0 unspecified atom stereocenters. The van der Waals surface area contributed by atoms with Gasteiger partial charge in [-0.15, -0.1) is 11.3 Å². The fraction of sp³-hybridized carbons (Fsp3) is 0.381. The molecular formula is C21H24N2O5S. The number of benzene rings is 1. The molecule has 7 nitrogen and oxygen atoms in total. The van der Waals surface area contributed by atoms with Crippen molar-refractivity contribution in [1.29, 1.82) is 5.26 Å². The summed E-state index contributed by atoms with van der Waals surface area (Å²) in [6, 6.07) is 7.59. The van der Waals surface area contributed by atoms with E-state index >= 15 is 0 Å². The van der Waals surface area contributed by atoms with Gasteiger partial charge in [-0.3, -0.25) is 0 Å². The topological polar surface area (TPSA) is 112 Å². The smallest absolute Gasteiger partial charge is 0.348 e. The van der Waals surface area contributed by atoms with E-state index in [0.717, 1.165) is 16.9 Å². The molecular weight excluding hydrogens is 392 g/mol. The lowest BCUT2D eigenvalue weighted by molar-refractivity contribution is -0.147. The maximum absolute atomic E-state index is 12.1. The van der Waals surface area contributed by atoms with Gasteiger partial charge in [0.2, 0.25) is 0 Å². The first-order chi connectivity index (χ1) is 13.8. The zero-order valence-corrected chi connectivity index (χ0v) is 17.7. The maximum Gasteiger partial charge on any atom is 0.348 e. The van der Waals surface area contributed by atoms with Gasteiger partial charge in [0.25, 0.3) is 0 Å². The number of nitrogen functional groups attached to an aromatic ring is 1. The third kappa shape index (κ3) is 5.48. The summed E-state index contributed by atoms with van der Waals surface area (Å²) in [7, 11) is 0. The zero-order chi connectivity index (χ0) is 21.6. The third-order valence-corrected chi connectivity index (χ3v) is 5.25. The van der Waals surface area contributed by atoms with Gasteiger partial charge in [0, 0.05) is 5.56 Å². The second-order valence-electron chi connectivity index (χ2n) is 6.60. The van der Waals surface area contributed by atoms with Crippen molar-refractivity contribution in [2.45, 2.75) is 40.2 Å². The van der Waals surface area contributed by atoms with Crippen LogP contribution in [0.4, 0.5) is 5.00 Å². The number of ether oxygens (including phenoxy) is 3. The van der Waals surface area contributed by atoms with Crippen molar-refractivity contribution in [2.75, 3.05) is 18.9 Å². The Labute approximate surface area is 174 Å². The second kappa shape index (κ2) is 9.94. The molecule has 0 radical (unpaired) electrons. The van der Waals surface area contributed by atoms with Gasteiger partial charge in [-0.2, -0.15) is 5.26 Å². The summed E-state index contributed by atoms with van der Waals surface area (Å²) in [5.74, 6) is -0.267. The Morgan fingerprint density at radius 2 is 2.00 bits per heavy atom. The number of hydrogen-bond acceptors (Lipinski definition) is 8. The molecule has 1 aromatic heterocycles. The Bertz CT molecular complexity index is 943. The predicted molar refractivity (Wildman–Crippen MR) is 110 cm³/mol. The number of aryl methyl sites for hydroxylation is 1. The second-order valence-corrected chi connectivity index (χ2v) is 7.66. The van der Waals surface area contributed by atoms with Crippen molar-refractivity contribution in [1.82, 2.24) is 0 Å². The molecule has 1 aromatic carbocycles. The lowest BCUT2D eigenvalue weighted by Crippen LogP contribution is -2.16. The monoisotopic (exact) mass is 416 g/mol. The van der Waals surface area contributed by atoms with E-state index in [1.807, 2.05) is 31.2 Å². The standard InChI is InChI=1S/C21H24N2O5S/c1-5-26-21(25)19-17(16(9-22)20(23)29-19)10-28-18(24)11-27-14-6-7-15(12(2)3)13(4)8-14/h6-8,12H,5,10-11,23H2,1-4H3. The SMILES string of the molecule is CCOC(=O)c1sc(N)c(C#N)c1COC(=O)COc1ccc(C(C)C)c(C)c1. The van der Waals surface area contributed by atoms with Crippen LogP contribution < -0.4 is 10.5 Å². The number of nitriles is 1. The molecule has 0 fully saturated rings. The van der Waals surface area contributed by atoms with E-state index in [2.05, 4.69) is 13.8 Å². The maximum atomic E-state index is 12.1. The van der Waals surface area contributed by atoms with Crippen LogP contribution in [0.2, 0.25) is 0 Å². The molecule has 2 N–H and O–H groups in total. The molecule has 0 aliphatic rings. The molecule has 8 heteroatoms. The highest BCUT2D eigenvalue weighted by Gasteiger charge is 2.24. The Morgan fingerprint density at radius 3 is 2.59 bits per heavy atom. The minimum atomic E-state index is -0.626. The van der Waals surface area contributed by atoms with Crippen LogP contribution in [-0.2, 0) is 20.9 Å². The first-order valence-corrected chi connectivity index (χ1v) is 9.97. The quantitative estimate of drug-likeness (QED) is 0.649. The van der Waals surface area contributed by atoms with Gasteiger partial charge in [0.1, 0.15) is 28.3 Å². The minimum Gasteiger partial charge on any atom is -0.482 e. The normalized spacial score (nSPS) is 10.5. The van der Waals surface area contributed by atoms with Crippen LogP contribution in [0.5, 0.6) is 5.75 Å². The highest BCUT2D eigenvalue weighted by atomic mass is 32.1. The van der Waals surface area contributed by atoms with Gasteiger partial charge in [0.15, 0.2) is 6.61 Å². The Kier molecular flexibility index (Phi) is 7.62. The van der Waals surface area contributed by atoms with Crippen LogP contribution in [-0.4, -0.2) is 25.2 Å². The highest BCUT2D eigenvalue weighted by molar-refractivity contribution is 7.18. The van der Waals surface area contributed by atoms with Crippen molar-refractivity contribution in [2.24, 2.45) is 0 Å². The number of esters is 2. The van der Waals surface area contributed by atoms with Crippen LogP contribution in [0.1, 0.15) is 58.6 Å². The van der Waals surface area contributed by atoms with E-state index in [-0.39, 0.29) is 40.8 Å². The van der Waals surface area contributed by atoms with E-state index in [0.29, 0.717) is 11.7 Å². The van der Waals surface area contributed by atoms with E-state index in [9.17, 15) is 14.9 Å². The summed E-state index contributed by atoms with van der Waals surface area (Å²) in [6.07, 6.45) is 0. The van der Waals surface area contributed by atoms with Crippen molar-refractivity contribution in [3.05, 3.63) is 45.3 Å². The number of rotatable bonds is 8. The van der Waals surface area contributed by atoms with Gasteiger partial charge in [-0.05, 0) is 43.0 Å². The predicted octanol–water partition coefficient (Wildman–Crippen LogP) is 3.93. The molecule has 2 aromatic rings. The number of thiophene rings is 1. The van der Waals surface area contributed by atoms with Crippen molar-refractivity contribution in [3.63, 3.8) is 0 Å². The first-order valence-electron chi connectivity index (χ1n) is 9.15. The third-order valence-electron chi connectivity index (χ3n) is 4.20. The van der Waals surface area contributed by atoms with Crippen LogP contribution in [0.15, 0.2) is 18.2 Å². The van der Waals surface area contributed by atoms with Crippen LogP contribution in [0, 0.1) is 18.3 Å². The molecule has 29 heavy (non-hydrogen) atoms. The average Bonchev–Trinajstić information content (AvgIpc) is 3.00. The van der Waals surface area contributed by atoms with Gasteiger partial charge < -0.3 is 19.9 Å². The van der Waals surface area contributed by atoms with Crippen LogP contribution in [0.3, 0.4) is 0 Å². The van der Waals surface area contributed by atoms with Crippen molar-refractivity contribution < 1.29 is 23.8 Å². The van der Waals surface area contributed by atoms with Crippen molar-refractivity contribution in [3.8, 4) is 11.8 Å². The summed E-state index contributed by atoms with van der Waals surface area (Å²) in [6.45, 7) is 7.50. The molecule has 2 rings (SSSR count). The fourth-order valence-electron chi connectivity index (χ4n) is 2.83. The number of carbonyl (C=O) groups is 2. The van der Waals surface area contributed by atoms with Crippen LogP contribution in [0.25, 0.3) is 0 Å². The molecule has 0 aliphatic carbocycles.